The first-order chi connectivity index (χ1) is 11.5. The SMILES string of the molecule is CCc1cccc(NC(N)=NCC(C(C)C)N2CCN(C)CC2)c1. The van der Waals surface area contributed by atoms with Crippen LogP contribution < -0.4 is 11.1 Å². The number of nitrogens with zero attached hydrogens (tertiary/aromatic N) is 3. The molecule has 1 aromatic carbocycles. The summed E-state index contributed by atoms with van der Waals surface area (Å²) in [6.45, 7) is 11.9. The van der Waals surface area contributed by atoms with E-state index in [-0.39, 0.29) is 0 Å². The van der Waals surface area contributed by atoms with Crippen molar-refractivity contribution < 1.29 is 0 Å². The minimum Gasteiger partial charge on any atom is -0.370 e. The van der Waals surface area contributed by atoms with E-state index >= 15 is 0 Å². The highest BCUT2D eigenvalue weighted by molar-refractivity contribution is 5.92. The Morgan fingerprint density at radius 1 is 1.25 bits per heavy atom. The second-order valence-corrected chi connectivity index (χ2v) is 7.06. The molecule has 0 saturated carbocycles. The minimum absolute atomic E-state index is 0.445. The number of anilines is 1. The summed E-state index contributed by atoms with van der Waals surface area (Å²) < 4.78 is 0. The van der Waals surface area contributed by atoms with E-state index in [0.717, 1.165) is 44.8 Å². The van der Waals surface area contributed by atoms with Crippen LogP contribution in [0.4, 0.5) is 5.69 Å². The first-order valence-electron chi connectivity index (χ1n) is 9.08. The van der Waals surface area contributed by atoms with Gasteiger partial charge < -0.3 is 16.0 Å². The number of aliphatic imine (C=N–C) groups is 1. The highest BCUT2D eigenvalue weighted by atomic mass is 15.3. The lowest BCUT2D eigenvalue weighted by Crippen LogP contribution is -2.51. The van der Waals surface area contributed by atoms with Gasteiger partial charge in [0.25, 0.3) is 0 Å². The van der Waals surface area contributed by atoms with Crippen LogP contribution in [0.2, 0.25) is 0 Å². The second kappa shape index (κ2) is 9.04. The van der Waals surface area contributed by atoms with Crippen LogP contribution in [-0.4, -0.2) is 61.6 Å². The van der Waals surface area contributed by atoms with Gasteiger partial charge in [0.2, 0.25) is 0 Å². The summed E-state index contributed by atoms with van der Waals surface area (Å²) in [7, 11) is 2.19. The quantitative estimate of drug-likeness (QED) is 0.620. The van der Waals surface area contributed by atoms with Crippen LogP contribution in [0.5, 0.6) is 0 Å². The van der Waals surface area contributed by atoms with E-state index in [1.807, 2.05) is 6.07 Å². The number of piperazine rings is 1. The summed E-state index contributed by atoms with van der Waals surface area (Å²) in [5, 5.41) is 3.22. The molecule has 1 heterocycles. The summed E-state index contributed by atoms with van der Waals surface area (Å²) in [6.07, 6.45) is 1.02. The lowest BCUT2D eigenvalue weighted by molar-refractivity contribution is 0.0926. The van der Waals surface area contributed by atoms with Gasteiger partial charge in [-0.2, -0.15) is 0 Å². The fraction of sp³-hybridized carbons (Fsp3) is 0.632. The molecule has 2 rings (SSSR count). The van der Waals surface area contributed by atoms with Crippen LogP contribution in [0.1, 0.15) is 26.3 Å². The van der Waals surface area contributed by atoms with Crippen LogP contribution in [-0.2, 0) is 6.42 Å². The summed E-state index contributed by atoms with van der Waals surface area (Å²) in [5.74, 6) is 1.07. The molecule has 24 heavy (non-hydrogen) atoms. The van der Waals surface area contributed by atoms with Crippen molar-refractivity contribution in [3.63, 3.8) is 0 Å². The second-order valence-electron chi connectivity index (χ2n) is 7.06. The number of guanidine groups is 1. The van der Waals surface area contributed by atoms with E-state index in [2.05, 4.69) is 66.1 Å². The molecule has 0 spiro atoms. The van der Waals surface area contributed by atoms with E-state index in [1.54, 1.807) is 0 Å². The van der Waals surface area contributed by atoms with Gasteiger partial charge in [0, 0.05) is 37.9 Å². The van der Waals surface area contributed by atoms with E-state index < -0.39 is 0 Å². The topological polar surface area (TPSA) is 56.9 Å². The van der Waals surface area contributed by atoms with Crippen molar-refractivity contribution in [2.24, 2.45) is 16.6 Å². The van der Waals surface area contributed by atoms with Gasteiger partial charge in [-0.15, -0.1) is 0 Å². The fourth-order valence-corrected chi connectivity index (χ4v) is 3.15. The zero-order valence-electron chi connectivity index (χ0n) is 15.6. The first-order valence-corrected chi connectivity index (χ1v) is 9.08. The molecule has 5 nitrogen and oxygen atoms in total. The molecule has 0 bridgehead atoms. The third-order valence-corrected chi connectivity index (χ3v) is 4.83. The number of aryl methyl sites for hydroxylation is 1. The van der Waals surface area contributed by atoms with Gasteiger partial charge in [-0.3, -0.25) is 9.89 Å². The Hall–Kier alpha value is -1.59. The maximum Gasteiger partial charge on any atom is 0.193 e. The van der Waals surface area contributed by atoms with Gasteiger partial charge in [0.1, 0.15) is 0 Å². The maximum absolute atomic E-state index is 6.11. The molecule has 1 atom stereocenters. The molecule has 134 valence electrons. The molecule has 0 aliphatic carbocycles. The first kappa shape index (κ1) is 18.7. The van der Waals surface area contributed by atoms with Crippen LogP contribution in [0, 0.1) is 5.92 Å². The zero-order valence-corrected chi connectivity index (χ0v) is 15.6. The summed E-state index contributed by atoms with van der Waals surface area (Å²) in [4.78, 5) is 9.56. The number of likely N-dealkylation sites (N-methyl/N-ethyl adjacent to an activating group) is 1. The molecule has 3 N–H and O–H groups in total. The van der Waals surface area contributed by atoms with E-state index in [9.17, 15) is 0 Å². The Balaban J connectivity index is 1.95. The van der Waals surface area contributed by atoms with Crippen LogP contribution in [0.25, 0.3) is 0 Å². The summed E-state index contributed by atoms with van der Waals surface area (Å²) in [5.41, 5.74) is 8.42. The van der Waals surface area contributed by atoms with E-state index in [1.165, 1.54) is 5.56 Å². The van der Waals surface area contributed by atoms with Gasteiger partial charge in [-0.25, -0.2) is 0 Å². The van der Waals surface area contributed by atoms with Crippen LogP contribution in [0.15, 0.2) is 29.3 Å². The molecule has 1 fully saturated rings. The fourth-order valence-electron chi connectivity index (χ4n) is 3.15. The number of nitrogens with one attached hydrogen (secondary N) is 1. The molecule has 1 aliphatic heterocycles. The van der Waals surface area contributed by atoms with Gasteiger partial charge in [-0.1, -0.05) is 32.9 Å². The number of benzene rings is 1. The smallest absolute Gasteiger partial charge is 0.193 e. The molecular weight excluding hydrogens is 298 g/mol. The standard InChI is InChI=1S/C19H33N5/c1-5-16-7-6-8-17(13-16)22-19(20)21-14-18(15(2)3)24-11-9-23(4)10-12-24/h6-8,13,15,18H,5,9-12,14H2,1-4H3,(H3,20,21,22). The van der Waals surface area contributed by atoms with Crippen LogP contribution in [0.3, 0.4) is 0 Å². The Morgan fingerprint density at radius 2 is 1.96 bits per heavy atom. The number of rotatable bonds is 6. The maximum atomic E-state index is 6.11. The average molecular weight is 332 g/mol. The predicted molar refractivity (Wildman–Crippen MR) is 104 cm³/mol. The normalized spacial score (nSPS) is 18.8. The molecule has 1 saturated heterocycles. The highest BCUT2D eigenvalue weighted by Gasteiger charge is 2.24. The average Bonchev–Trinajstić information content (AvgIpc) is 2.56. The highest BCUT2D eigenvalue weighted by Crippen LogP contribution is 2.14. The molecule has 0 radical (unpaired) electrons. The van der Waals surface area contributed by atoms with Crippen molar-refractivity contribution in [3.05, 3.63) is 29.8 Å². The van der Waals surface area contributed by atoms with E-state index in [0.29, 0.717) is 17.9 Å². The third-order valence-electron chi connectivity index (χ3n) is 4.83. The van der Waals surface area contributed by atoms with Crippen LogP contribution >= 0.6 is 0 Å². The molecular formula is C19H33N5. The molecule has 1 aliphatic rings. The van der Waals surface area contributed by atoms with Crippen molar-refractivity contribution >= 4 is 11.6 Å². The van der Waals surface area contributed by atoms with E-state index in [4.69, 9.17) is 5.73 Å². The third kappa shape index (κ3) is 5.49. The monoisotopic (exact) mass is 331 g/mol. The Kier molecular flexibility index (Phi) is 7.06. The Morgan fingerprint density at radius 3 is 2.58 bits per heavy atom. The zero-order chi connectivity index (χ0) is 17.5. The molecule has 0 aromatic heterocycles. The number of hydrogen-bond acceptors (Lipinski definition) is 3. The molecule has 1 aromatic rings. The molecule has 0 amide bonds. The van der Waals surface area contributed by atoms with Crippen molar-refractivity contribution in [3.8, 4) is 0 Å². The summed E-state index contributed by atoms with van der Waals surface area (Å²) >= 11 is 0. The minimum atomic E-state index is 0.445. The predicted octanol–water partition coefficient (Wildman–Crippen LogP) is 2.25. The molecule has 5 heteroatoms. The van der Waals surface area contributed by atoms with Gasteiger partial charge >= 0.3 is 0 Å². The van der Waals surface area contributed by atoms with Gasteiger partial charge in [0.05, 0.1) is 6.54 Å². The van der Waals surface area contributed by atoms with Gasteiger partial charge in [0.15, 0.2) is 5.96 Å². The van der Waals surface area contributed by atoms with Crippen molar-refractivity contribution in [2.75, 3.05) is 45.1 Å². The Bertz CT molecular complexity index is 532. The molecule has 1 unspecified atom stereocenters. The largest absolute Gasteiger partial charge is 0.370 e. The van der Waals surface area contributed by atoms with Crippen molar-refractivity contribution in [2.45, 2.75) is 33.2 Å². The van der Waals surface area contributed by atoms with Crippen molar-refractivity contribution in [1.29, 1.82) is 0 Å². The summed E-state index contributed by atoms with van der Waals surface area (Å²) in [6, 6.07) is 8.78. The van der Waals surface area contributed by atoms with Gasteiger partial charge in [-0.05, 0) is 37.1 Å². The van der Waals surface area contributed by atoms with Crippen molar-refractivity contribution in [1.82, 2.24) is 9.80 Å². The Labute approximate surface area is 146 Å². The number of nitrogens with two attached hydrogens (primary N) is 1. The lowest BCUT2D eigenvalue weighted by Gasteiger charge is -2.39. The lowest BCUT2D eigenvalue weighted by atomic mass is 10.0. The number of hydrogen-bond donors (Lipinski definition) is 2.